The quantitative estimate of drug-likeness (QED) is 0.0567. The molecule has 4 fully saturated rings. The van der Waals surface area contributed by atoms with Crippen molar-refractivity contribution in [1.82, 2.24) is 0 Å². The monoisotopic (exact) mass is 943 g/mol. The van der Waals surface area contributed by atoms with E-state index >= 15 is 0 Å². The minimum absolute atomic E-state index is 0.0266. The SMILES string of the molecule is CC[C@H](OC)[C@@H](C)[C@H]1C[C@@](O)([C@@H](C)/C=C/C=C(\C)[C@@H]2O[C@H](OC)[C@@H](OC)[C@@H](OCCC[C@H](OC)[C@@H](C)[C@@H]3O[C@H]3[C@H](O)[C@@H](C)/C=C/C=C(\C)[C@@H]3O[C@H](OC)[C@H](OC)[C@@H](OC)[C@H]3OC)[C@@H]2OC)O1. The van der Waals surface area contributed by atoms with Crippen LogP contribution >= 0.6 is 0 Å². The van der Waals surface area contributed by atoms with E-state index in [9.17, 15) is 10.2 Å². The van der Waals surface area contributed by atoms with Crippen LogP contribution in [0.25, 0.3) is 0 Å². The Labute approximate surface area is 395 Å². The molecule has 0 aromatic carbocycles. The van der Waals surface area contributed by atoms with Gasteiger partial charge in [0.2, 0.25) is 0 Å². The highest BCUT2D eigenvalue weighted by Crippen LogP contribution is 2.43. The standard InChI is InChI=1S/C50H86O16/c1-17-34(53-8)32(6)36-27-50(52,66-36)31(5)24-19-23-30(4)39-43(56-11)45(47(59-14)49(61-16)65-39)62-26-20-25-35(54-9)33(7)40-41(63-40)37(51)28(2)21-18-22-29(3)38-42(55-10)44(57-12)46(58-13)48(60-15)64-38/h18-19,21-24,28,31-49,51-52H,17,20,25-27H2,1-16H3/b21-18+,24-19+,29-22+,30-23+/t28-,31-,32+,33+,34-,35-,36+,37+,38-,39-,40-,41-,42-,43+,44-,45-,46+,47-,48-,49-,50-/m0/s1. The van der Waals surface area contributed by atoms with E-state index < -0.39 is 73.3 Å². The van der Waals surface area contributed by atoms with Gasteiger partial charge in [-0.15, -0.1) is 0 Å². The number of epoxide rings is 1. The lowest BCUT2D eigenvalue weighted by Crippen LogP contribution is -2.60. The molecule has 4 aliphatic rings. The van der Waals surface area contributed by atoms with Crippen molar-refractivity contribution in [3.8, 4) is 0 Å². The van der Waals surface area contributed by atoms with Gasteiger partial charge >= 0.3 is 0 Å². The van der Waals surface area contributed by atoms with Crippen LogP contribution < -0.4 is 0 Å². The van der Waals surface area contributed by atoms with E-state index in [-0.39, 0.29) is 54.2 Å². The van der Waals surface area contributed by atoms with Crippen LogP contribution in [0.2, 0.25) is 0 Å². The van der Waals surface area contributed by atoms with E-state index in [4.69, 9.17) is 66.3 Å². The van der Waals surface area contributed by atoms with E-state index in [1.807, 2.05) is 64.2 Å². The Bertz CT molecular complexity index is 1530. The molecule has 382 valence electrons. The van der Waals surface area contributed by atoms with Crippen LogP contribution in [0.5, 0.6) is 0 Å². The summed E-state index contributed by atoms with van der Waals surface area (Å²) in [7, 11) is 14.7. The summed E-state index contributed by atoms with van der Waals surface area (Å²) in [5.74, 6) is -1.44. The van der Waals surface area contributed by atoms with E-state index in [0.717, 1.165) is 17.6 Å². The van der Waals surface area contributed by atoms with Gasteiger partial charge in [0.15, 0.2) is 18.4 Å². The van der Waals surface area contributed by atoms with E-state index in [0.29, 0.717) is 25.9 Å². The number of aliphatic hydroxyl groups is 2. The van der Waals surface area contributed by atoms with Crippen molar-refractivity contribution in [2.24, 2.45) is 23.7 Å². The Hall–Kier alpha value is -1.68. The van der Waals surface area contributed by atoms with Gasteiger partial charge in [-0.3, -0.25) is 0 Å². The van der Waals surface area contributed by atoms with Crippen LogP contribution in [0, 0.1) is 23.7 Å². The van der Waals surface area contributed by atoms with Crippen LogP contribution in [-0.2, 0) is 66.3 Å². The predicted octanol–water partition coefficient (Wildman–Crippen LogP) is 5.56. The van der Waals surface area contributed by atoms with Crippen LogP contribution in [0.4, 0.5) is 0 Å². The number of hydrogen-bond acceptors (Lipinski definition) is 16. The summed E-state index contributed by atoms with van der Waals surface area (Å²) in [5, 5.41) is 22.5. The first kappa shape index (κ1) is 56.9. The van der Waals surface area contributed by atoms with Crippen LogP contribution in [0.15, 0.2) is 47.6 Å². The molecule has 0 spiro atoms. The lowest BCUT2D eigenvalue weighted by atomic mass is 9.81. The molecule has 16 nitrogen and oxygen atoms in total. The molecule has 21 atom stereocenters. The van der Waals surface area contributed by atoms with Crippen molar-refractivity contribution in [2.45, 2.75) is 178 Å². The normalized spacial score (nSPS) is 37.6. The summed E-state index contributed by atoms with van der Waals surface area (Å²) in [6.07, 6.45) is 8.23. The van der Waals surface area contributed by atoms with Crippen molar-refractivity contribution in [1.29, 1.82) is 0 Å². The van der Waals surface area contributed by atoms with Crippen molar-refractivity contribution < 1.29 is 76.5 Å². The zero-order chi connectivity index (χ0) is 48.9. The summed E-state index contributed by atoms with van der Waals surface area (Å²) in [6, 6.07) is 0. The molecular formula is C50H86O16. The Kier molecular flexibility index (Phi) is 23.3. The maximum atomic E-state index is 11.3. The molecule has 66 heavy (non-hydrogen) atoms. The second-order valence-corrected chi connectivity index (χ2v) is 18.5. The molecule has 0 bridgehead atoms. The van der Waals surface area contributed by atoms with Crippen molar-refractivity contribution in [3.05, 3.63) is 47.6 Å². The molecule has 16 heteroatoms. The average molecular weight is 943 g/mol. The minimum atomic E-state index is -1.23. The largest absolute Gasteiger partial charge is 0.390 e. The third-order valence-corrected chi connectivity index (χ3v) is 14.5. The Morgan fingerprint density at radius 2 is 1.14 bits per heavy atom. The summed E-state index contributed by atoms with van der Waals surface area (Å²) in [6.45, 7) is 14.6. The molecule has 4 aliphatic heterocycles. The summed E-state index contributed by atoms with van der Waals surface area (Å²) < 4.78 is 83.4. The first-order valence-electron chi connectivity index (χ1n) is 23.7. The highest BCUT2D eigenvalue weighted by Gasteiger charge is 2.53. The molecule has 0 amide bonds. The first-order chi connectivity index (χ1) is 31.6. The third kappa shape index (κ3) is 13.6. The molecule has 0 aromatic rings. The van der Waals surface area contributed by atoms with Gasteiger partial charge in [-0.2, -0.15) is 0 Å². The zero-order valence-corrected chi connectivity index (χ0v) is 42.7. The minimum Gasteiger partial charge on any atom is -0.390 e. The summed E-state index contributed by atoms with van der Waals surface area (Å²) in [5.41, 5.74) is 1.82. The van der Waals surface area contributed by atoms with Crippen molar-refractivity contribution in [2.75, 3.05) is 70.6 Å². The highest BCUT2D eigenvalue weighted by molar-refractivity contribution is 5.21. The molecule has 2 N–H and O–H groups in total. The summed E-state index contributed by atoms with van der Waals surface area (Å²) >= 11 is 0. The maximum absolute atomic E-state index is 11.3. The third-order valence-electron chi connectivity index (χ3n) is 14.5. The van der Waals surface area contributed by atoms with Gasteiger partial charge in [-0.05, 0) is 44.3 Å². The molecule has 0 radical (unpaired) electrons. The fourth-order valence-electron chi connectivity index (χ4n) is 9.98. The van der Waals surface area contributed by atoms with Gasteiger partial charge in [0.25, 0.3) is 0 Å². The van der Waals surface area contributed by atoms with Crippen LogP contribution in [0.3, 0.4) is 0 Å². The Balaban J connectivity index is 1.30. The average Bonchev–Trinajstić information content (AvgIpc) is 4.12. The van der Waals surface area contributed by atoms with Gasteiger partial charge < -0.3 is 76.5 Å². The number of methoxy groups -OCH3 is 9. The van der Waals surface area contributed by atoms with Gasteiger partial charge in [0.1, 0.15) is 54.9 Å². The fourth-order valence-corrected chi connectivity index (χ4v) is 9.98. The second-order valence-electron chi connectivity index (χ2n) is 18.5. The van der Waals surface area contributed by atoms with Gasteiger partial charge in [0.05, 0.1) is 30.5 Å². The zero-order valence-electron chi connectivity index (χ0n) is 42.7. The number of ether oxygens (including phenoxy) is 14. The van der Waals surface area contributed by atoms with E-state index in [1.165, 1.54) is 0 Å². The molecule has 0 saturated carbocycles. The number of rotatable bonds is 28. The lowest BCUT2D eigenvalue weighted by molar-refractivity contribution is -0.351. The highest BCUT2D eigenvalue weighted by atomic mass is 16.7. The van der Waals surface area contributed by atoms with Crippen LogP contribution in [0.1, 0.15) is 74.1 Å². The molecule has 4 heterocycles. The smallest absolute Gasteiger partial charge is 0.186 e. The van der Waals surface area contributed by atoms with Crippen LogP contribution in [-0.4, -0.2) is 185 Å². The Morgan fingerprint density at radius 1 is 0.636 bits per heavy atom. The van der Waals surface area contributed by atoms with E-state index in [2.05, 4.69) is 20.8 Å². The topological polar surface area (TPSA) is 173 Å². The molecule has 0 aromatic heterocycles. The van der Waals surface area contributed by atoms with Gasteiger partial charge in [-0.1, -0.05) is 71.1 Å². The second kappa shape index (κ2) is 27.1. The maximum Gasteiger partial charge on any atom is 0.186 e. The molecule has 0 aliphatic carbocycles. The predicted molar refractivity (Wildman–Crippen MR) is 248 cm³/mol. The number of allylic oxidation sites excluding steroid dienone is 4. The number of aliphatic hydroxyl groups excluding tert-OH is 1. The molecule has 4 rings (SSSR count). The van der Waals surface area contributed by atoms with Crippen molar-refractivity contribution >= 4 is 0 Å². The van der Waals surface area contributed by atoms with E-state index in [1.54, 1.807) is 64.0 Å². The molecule has 4 saturated heterocycles. The first-order valence-corrected chi connectivity index (χ1v) is 23.7. The summed E-state index contributed by atoms with van der Waals surface area (Å²) in [4.78, 5) is 0. The fraction of sp³-hybridized carbons (Fsp3) is 0.840. The molecular weight excluding hydrogens is 857 g/mol. The Morgan fingerprint density at radius 3 is 1.62 bits per heavy atom. The number of hydrogen-bond donors (Lipinski definition) is 2. The van der Waals surface area contributed by atoms with Gasteiger partial charge in [-0.25, -0.2) is 0 Å². The lowest BCUT2D eigenvalue weighted by Gasteiger charge is -2.50. The molecule has 0 unspecified atom stereocenters. The van der Waals surface area contributed by atoms with Gasteiger partial charge in [0, 0.05) is 101 Å². The van der Waals surface area contributed by atoms with Crippen molar-refractivity contribution in [3.63, 3.8) is 0 Å².